The summed E-state index contributed by atoms with van der Waals surface area (Å²) in [6, 6.07) is 24.1. The normalized spacial score (nSPS) is 10.9. The van der Waals surface area contributed by atoms with Gasteiger partial charge in [-0.3, -0.25) is 4.79 Å². The highest BCUT2D eigenvalue weighted by atomic mass is 16.5. The van der Waals surface area contributed by atoms with Gasteiger partial charge in [0.05, 0.1) is 7.11 Å². The van der Waals surface area contributed by atoms with Crippen LogP contribution in [0.25, 0.3) is 0 Å². The molecule has 0 saturated heterocycles. The van der Waals surface area contributed by atoms with Crippen LogP contribution in [0.1, 0.15) is 60.2 Å². The average Bonchev–Trinajstić information content (AvgIpc) is 2.85. The number of nitrogens with zero attached hydrogens (tertiary/aromatic N) is 1. The van der Waals surface area contributed by atoms with Gasteiger partial charge in [0.1, 0.15) is 5.75 Å². The van der Waals surface area contributed by atoms with Gasteiger partial charge in [-0.1, -0.05) is 56.3 Å². The van der Waals surface area contributed by atoms with E-state index in [4.69, 9.17) is 4.74 Å². The highest BCUT2D eigenvalue weighted by molar-refractivity contribution is 6.04. The molecule has 1 amide bonds. The Kier molecular flexibility index (Phi) is 10.2. The van der Waals surface area contributed by atoms with Gasteiger partial charge in [0, 0.05) is 11.3 Å². The number of hydrogen-bond acceptors (Lipinski definition) is 3. The zero-order valence-electron chi connectivity index (χ0n) is 20.8. The standard InChI is InChI=1S/C30H38N2O2/c1-4-19-32(20-5-2)21-9-12-27-23-28(17-18-29(27)34-3)31-30(33)26-15-13-25(14-16-26)22-24-10-7-6-8-11-24/h6-8,10-11,13-18,23H,4-5,9,12,19-22H2,1-3H3,(H,31,33). The predicted octanol–water partition coefficient (Wildman–Crippen LogP) is 6.59. The van der Waals surface area contributed by atoms with E-state index in [1.165, 1.54) is 24.0 Å². The Bertz CT molecular complexity index is 1010. The van der Waals surface area contributed by atoms with E-state index >= 15 is 0 Å². The topological polar surface area (TPSA) is 41.6 Å². The van der Waals surface area contributed by atoms with Gasteiger partial charge in [-0.15, -0.1) is 0 Å². The number of anilines is 1. The molecule has 0 spiro atoms. The molecule has 0 radical (unpaired) electrons. The number of carbonyl (C=O) groups excluding carboxylic acids is 1. The number of carbonyl (C=O) groups is 1. The first-order valence-electron chi connectivity index (χ1n) is 12.5. The van der Waals surface area contributed by atoms with E-state index in [0.29, 0.717) is 5.56 Å². The van der Waals surface area contributed by atoms with E-state index in [0.717, 1.165) is 55.9 Å². The fourth-order valence-electron chi connectivity index (χ4n) is 4.32. The maximum absolute atomic E-state index is 12.8. The lowest BCUT2D eigenvalue weighted by molar-refractivity contribution is 0.102. The van der Waals surface area contributed by atoms with Crippen LogP contribution in [0.2, 0.25) is 0 Å². The lowest BCUT2D eigenvalue weighted by Gasteiger charge is -2.21. The molecule has 0 aliphatic carbocycles. The molecule has 0 aromatic heterocycles. The number of nitrogens with one attached hydrogen (secondary N) is 1. The molecule has 0 bridgehead atoms. The highest BCUT2D eigenvalue weighted by Crippen LogP contribution is 2.25. The van der Waals surface area contributed by atoms with Crippen LogP contribution in [0, 0.1) is 0 Å². The predicted molar refractivity (Wildman–Crippen MR) is 142 cm³/mol. The SMILES string of the molecule is CCCN(CCC)CCCc1cc(NC(=O)c2ccc(Cc3ccccc3)cc2)ccc1OC. The maximum atomic E-state index is 12.8. The van der Waals surface area contributed by atoms with Crippen LogP contribution in [0.4, 0.5) is 5.69 Å². The van der Waals surface area contributed by atoms with E-state index in [-0.39, 0.29) is 5.91 Å². The zero-order chi connectivity index (χ0) is 24.2. The van der Waals surface area contributed by atoms with Gasteiger partial charge in [-0.05, 0) is 98.8 Å². The molecule has 4 heteroatoms. The van der Waals surface area contributed by atoms with E-state index in [1.54, 1.807) is 7.11 Å². The van der Waals surface area contributed by atoms with E-state index < -0.39 is 0 Å². The average molecular weight is 459 g/mol. The van der Waals surface area contributed by atoms with Gasteiger partial charge in [0.2, 0.25) is 0 Å². The smallest absolute Gasteiger partial charge is 0.255 e. The largest absolute Gasteiger partial charge is 0.496 e. The molecule has 4 nitrogen and oxygen atoms in total. The van der Waals surface area contributed by atoms with Crippen molar-refractivity contribution in [2.75, 3.05) is 32.1 Å². The number of hydrogen-bond donors (Lipinski definition) is 1. The second-order valence-electron chi connectivity index (χ2n) is 8.79. The molecule has 3 rings (SSSR count). The van der Waals surface area contributed by atoms with Crippen LogP contribution in [0.3, 0.4) is 0 Å². The number of amides is 1. The van der Waals surface area contributed by atoms with Crippen molar-refractivity contribution in [3.05, 3.63) is 95.1 Å². The number of ether oxygens (including phenoxy) is 1. The molecule has 0 unspecified atom stereocenters. The molecule has 0 saturated carbocycles. The van der Waals surface area contributed by atoms with Gasteiger partial charge in [0.15, 0.2) is 0 Å². The minimum absolute atomic E-state index is 0.0977. The van der Waals surface area contributed by atoms with E-state index in [9.17, 15) is 4.79 Å². The van der Waals surface area contributed by atoms with Gasteiger partial charge < -0.3 is 15.0 Å². The van der Waals surface area contributed by atoms with Crippen molar-refractivity contribution in [1.82, 2.24) is 4.90 Å². The first-order valence-corrected chi connectivity index (χ1v) is 12.5. The van der Waals surface area contributed by atoms with Crippen LogP contribution < -0.4 is 10.1 Å². The Balaban J connectivity index is 1.60. The minimum atomic E-state index is -0.0977. The van der Waals surface area contributed by atoms with Crippen molar-refractivity contribution >= 4 is 11.6 Å². The summed E-state index contributed by atoms with van der Waals surface area (Å²) in [5, 5.41) is 3.05. The molecule has 3 aromatic rings. The summed E-state index contributed by atoms with van der Waals surface area (Å²) >= 11 is 0. The van der Waals surface area contributed by atoms with E-state index in [2.05, 4.69) is 36.2 Å². The van der Waals surface area contributed by atoms with Gasteiger partial charge in [0.25, 0.3) is 5.91 Å². The highest BCUT2D eigenvalue weighted by Gasteiger charge is 2.10. The Morgan fingerprint density at radius 2 is 1.53 bits per heavy atom. The van der Waals surface area contributed by atoms with Crippen LogP contribution in [-0.4, -0.2) is 37.6 Å². The fourth-order valence-corrected chi connectivity index (χ4v) is 4.32. The third kappa shape index (κ3) is 7.74. The molecule has 0 atom stereocenters. The first kappa shape index (κ1) is 25.5. The maximum Gasteiger partial charge on any atom is 0.255 e. The number of aryl methyl sites for hydroxylation is 1. The van der Waals surface area contributed by atoms with Gasteiger partial charge in [-0.25, -0.2) is 0 Å². The quantitative estimate of drug-likeness (QED) is 0.314. The third-order valence-corrected chi connectivity index (χ3v) is 6.01. The summed E-state index contributed by atoms with van der Waals surface area (Å²) in [7, 11) is 1.70. The number of benzene rings is 3. The monoisotopic (exact) mass is 458 g/mol. The molecule has 3 aromatic carbocycles. The van der Waals surface area contributed by atoms with Crippen molar-refractivity contribution in [2.45, 2.75) is 46.0 Å². The van der Waals surface area contributed by atoms with Crippen molar-refractivity contribution in [2.24, 2.45) is 0 Å². The first-order chi connectivity index (χ1) is 16.6. The second-order valence-corrected chi connectivity index (χ2v) is 8.79. The number of rotatable bonds is 13. The summed E-state index contributed by atoms with van der Waals surface area (Å²) in [6.45, 7) is 7.83. The van der Waals surface area contributed by atoms with Crippen molar-refractivity contribution < 1.29 is 9.53 Å². The number of methoxy groups -OCH3 is 1. The molecule has 34 heavy (non-hydrogen) atoms. The van der Waals surface area contributed by atoms with E-state index in [1.807, 2.05) is 60.7 Å². The molecular weight excluding hydrogens is 420 g/mol. The Morgan fingerprint density at radius 1 is 0.853 bits per heavy atom. The van der Waals surface area contributed by atoms with Crippen molar-refractivity contribution in [3.8, 4) is 5.75 Å². The summed E-state index contributed by atoms with van der Waals surface area (Å²) in [5.41, 5.74) is 5.04. The summed E-state index contributed by atoms with van der Waals surface area (Å²) in [6.07, 6.45) is 5.20. The summed E-state index contributed by atoms with van der Waals surface area (Å²) in [4.78, 5) is 15.4. The fraction of sp³-hybridized carbons (Fsp3) is 0.367. The summed E-state index contributed by atoms with van der Waals surface area (Å²) < 4.78 is 5.58. The zero-order valence-corrected chi connectivity index (χ0v) is 20.8. The third-order valence-electron chi connectivity index (χ3n) is 6.01. The Hall–Kier alpha value is -3.11. The van der Waals surface area contributed by atoms with Crippen LogP contribution in [0.15, 0.2) is 72.8 Å². The van der Waals surface area contributed by atoms with Gasteiger partial charge >= 0.3 is 0 Å². The lowest BCUT2D eigenvalue weighted by atomic mass is 10.0. The van der Waals surface area contributed by atoms with Gasteiger partial charge in [-0.2, -0.15) is 0 Å². The van der Waals surface area contributed by atoms with Crippen LogP contribution >= 0.6 is 0 Å². The molecule has 180 valence electrons. The second kappa shape index (κ2) is 13.6. The molecule has 0 aliphatic rings. The summed E-state index contributed by atoms with van der Waals surface area (Å²) in [5.74, 6) is 0.778. The van der Waals surface area contributed by atoms with Crippen molar-refractivity contribution in [1.29, 1.82) is 0 Å². The molecule has 0 fully saturated rings. The molecular formula is C30H38N2O2. The minimum Gasteiger partial charge on any atom is -0.496 e. The molecule has 0 aliphatic heterocycles. The Labute approximate surface area is 205 Å². The molecule has 1 N–H and O–H groups in total. The van der Waals surface area contributed by atoms with Crippen molar-refractivity contribution in [3.63, 3.8) is 0 Å². The Morgan fingerprint density at radius 3 is 2.18 bits per heavy atom. The molecule has 0 heterocycles. The van der Waals surface area contributed by atoms with Crippen LogP contribution in [0.5, 0.6) is 5.75 Å². The lowest BCUT2D eigenvalue weighted by Crippen LogP contribution is -2.26. The van der Waals surface area contributed by atoms with Crippen LogP contribution in [-0.2, 0) is 12.8 Å².